The van der Waals surface area contributed by atoms with Gasteiger partial charge in [-0.1, -0.05) is 0 Å². The molecule has 0 bridgehead atoms. The van der Waals surface area contributed by atoms with E-state index in [0.717, 1.165) is 6.20 Å². The molecule has 0 aromatic carbocycles. The first-order chi connectivity index (χ1) is 12.7. The van der Waals surface area contributed by atoms with Crippen LogP contribution in [0.5, 0.6) is 0 Å². The van der Waals surface area contributed by atoms with Crippen molar-refractivity contribution < 1.29 is 13.6 Å². The highest BCUT2D eigenvalue weighted by molar-refractivity contribution is 6.00. The van der Waals surface area contributed by atoms with Gasteiger partial charge in [0.1, 0.15) is 29.9 Å². The van der Waals surface area contributed by atoms with Crippen LogP contribution in [-0.4, -0.2) is 35.4 Å². The lowest BCUT2D eigenvalue weighted by Gasteiger charge is -2.05. The van der Waals surface area contributed by atoms with Gasteiger partial charge in [-0.25, -0.2) is 19.3 Å². The van der Waals surface area contributed by atoms with Crippen molar-refractivity contribution in [3.63, 3.8) is 0 Å². The number of oxazole rings is 1. The van der Waals surface area contributed by atoms with Crippen molar-refractivity contribution in [1.82, 2.24) is 29.5 Å². The Morgan fingerprint density at radius 3 is 2.81 bits per heavy atom. The number of aromatic nitrogens is 6. The van der Waals surface area contributed by atoms with Gasteiger partial charge in [-0.2, -0.15) is 4.98 Å². The summed E-state index contributed by atoms with van der Waals surface area (Å²) < 4.78 is 19.7. The van der Waals surface area contributed by atoms with Crippen LogP contribution in [0.4, 0.5) is 10.4 Å². The quantitative estimate of drug-likeness (QED) is 0.599. The van der Waals surface area contributed by atoms with Crippen LogP contribution in [0, 0.1) is 5.82 Å². The number of rotatable bonds is 4. The Hall–Kier alpha value is -3.95. The summed E-state index contributed by atoms with van der Waals surface area (Å²) in [6.07, 6.45) is 8.38. The van der Waals surface area contributed by atoms with Gasteiger partial charge in [0.25, 0.3) is 5.91 Å². The standard InChI is InChI=1S/C16H10FN7O2/c17-10-1-2-11(20-7-10)12-8-26-16(22-12)23-15(25)14-19-5-6-24(14)13-3-4-18-9-21-13/h1-9H,(H,22,23,25). The Kier molecular flexibility index (Phi) is 3.90. The fraction of sp³-hybridized carbons (Fsp3) is 0. The van der Waals surface area contributed by atoms with Gasteiger partial charge in [0, 0.05) is 18.6 Å². The zero-order chi connectivity index (χ0) is 17.9. The predicted molar refractivity (Wildman–Crippen MR) is 86.8 cm³/mol. The van der Waals surface area contributed by atoms with E-state index in [4.69, 9.17) is 4.42 Å². The molecule has 0 unspecified atom stereocenters. The molecule has 4 aromatic rings. The highest BCUT2D eigenvalue weighted by atomic mass is 19.1. The summed E-state index contributed by atoms with van der Waals surface area (Å²) in [5.41, 5.74) is 0.776. The molecule has 0 atom stereocenters. The van der Waals surface area contributed by atoms with Crippen molar-refractivity contribution in [3.8, 4) is 17.2 Å². The van der Waals surface area contributed by atoms with Crippen LogP contribution in [0.15, 0.2) is 60.0 Å². The van der Waals surface area contributed by atoms with Gasteiger partial charge in [0.15, 0.2) is 0 Å². The van der Waals surface area contributed by atoms with Crippen molar-refractivity contribution >= 4 is 11.9 Å². The summed E-state index contributed by atoms with van der Waals surface area (Å²) in [5, 5.41) is 2.51. The SMILES string of the molecule is O=C(Nc1nc(-c2ccc(F)cn2)co1)c1nccn1-c1ccncn1. The van der Waals surface area contributed by atoms with Crippen molar-refractivity contribution in [1.29, 1.82) is 0 Å². The Morgan fingerprint density at radius 1 is 1.12 bits per heavy atom. The van der Waals surface area contributed by atoms with Crippen LogP contribution >= 0.6 is 0 Å². The molecule has 0 aliphatic heterocycles. The lowest BCUT2D eigenvalue weighted by Crippen LogP contribution is -2.18. The lowest BCUT2D eigenvalue weighted by molar-refractivity contribution is 0.101. The van der Waals surface area contributed by atoms with Gasteiger partial charge < -0.3 is 4.42 Å². The second kappa shape index (κ2) is 6.51. The van der Waals surface area contributed by atoms with Crippen molar-refractivity contribution in [3.05, 3.63) is 67.2 Å². The third-order valence-corrected chi connectivity index (χ3v) is 3.37. The molecule has 4 heterocycles. The molecule has 0 radical (unpaired) electrons. The van der Waals surface area contributed by atoms with Crippen LogP contribution < -0.4 is 5.32 Å². The van der Waals surface area contributed by atoms with E-state index in [2.05, 4.69) is 30.2 Å². The number of pyridine rings is 1. The van der Waals surface area contributed by atoms with Crippen molar-refractivity contribution in [2.45, 2.75) is 0 Å². The van der Waals surface area contributed by atoms with Crippen LogP contribution in [0.2, 0.25) is 0 Å². The highest BCUT2D eigenvalue weighted by Gasteiger charge is 2.17. The maximum atomic E-state index is 12.9. The van der Waals surface area contributed by atoms with E-state index in [1.165, 1.54) is 35.5 Å². The molecule has 0 fully saturated rings. The minimum absolute atomic E-state index is 0.0339. The van der Waals surface area contributed by atoms with E-state index in [9.17, 15) is 9.18 Å². The van der Waals surface area contributed by atoms with E-state index >= 15 is 0 Å². The summed E-state index contributed by atoms with van der Waals surface area (Å²) in [6, 6.07) is 4.32. The minimum atomic E-state index is -0.533. The molecule has 1 N–H and O–H groups in total. The molecule has 0 saturated heterocycles. The Bertz CT molecular complexity index is 1040. The number of imidazole rings is 1. The molecule has 1 amide bonds. The highest BCUT2D eigenvalue weighted by Crippen LogP contribution is 2.19. The molecule has 9 nitrogen and oxygen atoms in total. The van der Waals surface area contributed by atoms with Gasteiger partial charge in [-0.3, -0.25) is 19.7 Å². The molecular weight excluding hydrogens is 341 g/mol. The third-order valence-electron chi connectivity index (χ3n) is 3.37. The number of hydrogen-bond donors (Lipinski definition) is 1. The number of nitrogens with zero attached hydrogens (tertiary/aromatic N) is 6. The van der Waals surface area contributed by atoms with Crippen LogP contribution in [0.3, 0.4) is 0 Å². The molecule has 10 heteroatoms. The number of anilines is 1. The second-order valence-corrected chi connectivity index (χ2v) is 5.04. The normalized spacial score (nSPS) is 10.7. The average Bonchev–Trinajstić information content (AvgIpc) is 3.32. The zero-order valence-corrected chi connectivity index (χ0v) is 13.1. The molecule has 0 spiro atoms. The van der Waals surface area contributed by atoms with E-state index in [1.54, 1.807) is 18.5 Å². The number of amides is 1. The Labute approximate surface area is 145 Å². The summed E-state index contributed by atoms with van der Waals surface area (Å²) in [6.45, 7) is 0. The fourth-order valence-electron chi connectivity index (χ4n) is 2.21. The molecule has 0 saturated carbocycles. The van der Waals surface area contributed by atoms with Gasteiger partial charge in [0.2, 0.25) is 5.82 Å². The molecule has 4 aromatic heterocycles. The Morgan fingerprint density at radius 2 is 2.04 bits per heavy atom. The van der Waals surface area contributed by atoms with Gasteiger partial charge in [0.05, 0.1) is 11.9 Å². The predicted octanol–water partition coefficient (Wildman–Crippen LogP) is 2.10. The number of carbonyl (C=O) groups is 1. The van der Waals surface area contributed by atoms with Gasteiger partial charge in [-0.05, 0) is 18.2 Å². The third kappa shape index (κ3) is 3.02. The van der Waals surface area contributed by atoms with Crippen molar-refractivity contribution in [2.24, 2.45) is 0 Å². The molecule has 0 aliphatic rings. The molecule has 4 rings (SSSR count). The molecule has 0 aliphatic carbocycles. The van der Waals surface area contributed by atoms with E-state index in [0.29, 0.717) is 17.2 Å². The first-order valence-corrected chi connectivity index (χ1v) is 7.39. The van der Waals surface area contributed by atoms with E-state index < -0.39 is 11.7 Å². The molecule has 128 valence electrons. The topological polar surface area (TPSA) is 112 Å². The number of carbonyl (C=O) groups excluding carboxylic acids is 1. The van der Waals surface area contributed by atoms with Crippen LogP contribution in [0.1, 0.15) is 10.6 Å². The van der Waals surface area contributed by atoms with Crippen LogP contribution in [0.25, 0.3) is 17.2 Å². The Balaban J connectivity index is 1.55. The first kappa shape index (κ1) is 15.6. The summed E-state index contributed by atoms with van der Waals surface area (Å²) >= 11 is 0. The average molecular weight is 351 g/mol. The van der Waals surface area contributed by atoms with E-state index in [1.807, 2.05) is 0 Å². The number of nitrogens with one attached hydrogen (secondary N) is 1. The zero-order valence-electron chi connectivity index (χ0n) is 13.1. The first-order valence-electron chi connectivity index (χ1n) is 7.39. The van der Waals surface area contributed by atoms with Gasteiger partial charge >= 0.3 is 6.01 Å². The minimum Gasteiger partial charge on any atom is -0.431 e. The summed E-state index contributed by atoms with van der Waals surface area (Å²) in [4.78, 5) is 32.4. The second-order valence-electron chi connectivity index (χ2n) is 5.04. The monoisotopic (exact) mass is 351 g/mol. The summed E-state index contributed by atoms with van der Waals surface area (Å²) in [7, 11) is 0. The number of halogens is 1. The van der Waals surface area contributed by atoms with Crippen LogP contribution in [-0.2, 0) is 0 Å². The molecule has 26 heavy (non-hydrogen) atoms. The smallest absolute Gasteiger partial charge is 0.302 e. The number of hydrogen-bond acceptors (Lipinski definition) is 7. The fourth-order valence-corrected chi connectivity index (χ4v) is 2.21. The maximum absolute atomic E-state index is 12.9. The van der Waals surface area contributed by atoms with E-state index in [-0.39, 0.29) is 11.8 Å². The van der Waals surface area contributed by atoms with Gasteiger partial charge in [-0.15, -0.1) is 0 Å². The molecular formula is C16H10FN7O2. The lowest BCUT2D eigenvalue weighted by atomic mass is 10.3. The summed E-state index contributed by atoms with van der Waals surface area (Å²) in [5.74, 6) is -0.397. The largest absolute Gasteiger partial charge is 0.431 e. The maximum Gasteiger partial charge on any atom is 0.302 e. The van der Waals surface area contributed by atoms with Crippen molar-refractivity contribution in [2.75, 3.05) is 5.32 Å².